The summed E-state index contributed by atoms with van der Waals surface area (Å²) in [5.41, 5.74) is -0.931. The summed E-state index contributed by atoms with van der Waals surface area (Å²) >= 11 is 0. The molecule has 1 aliphatic heterocycles. The standard InChI is InChI=1S/C18H21O2P.C5H8O.5CO.2Co/c1-18(2)19-13-15(20-18)14-21(16-9-5-3-6-10-16)17-11-7-4-8-12-17;1-4-5(2,3)6;5*1-2;;/h3-12,15H,13-14H2,1-2H3;1,6H,2-3H3;;;;;;;/t15-;;;;;;;;/m1......../s1. The zero-order chi connectivity index (χ0) is 29.9. The fourth-order valence-corrected chi connectivity index (χ4v) is 5.00. The Bertz CT molecular complexity index is 886. The van der Waals surface area contributed by atoms with Gasteiger partial charge in [-0.25, -0.2) is 0 Å². The van der Waals surface area contributed by atoms with Crippen molar-refractivity contribution in [1.29, 1.82) is 0 Å². The molecule has 8 nitrogen and oxygen atoms in total. The van der Waals surface area contributed by atoms with Crippen LogP contribution in [0.25, 0.3) is 0 Å². The molecule has 2 aromatic carbocycles. The second kappa shape index (κ2) is 32.2. The van der Waals surface area contributed by atoms with E-state index in [1.54, 1.807) is 13.8 Å². The minimum absolute atomic E-state index is 0. The molecule has 2 aromatic rings. The van der Waals surface area contributed by atoms with E-state index in [-0.39, 0.29) is 39.7 Å². The van der Waals surface area contributed by atoms with Gasteiger partial charge in [-0.1, -0.05) is 66.6 Å². The molecule has 1 N–H and O–H groups in total. The van der Waals surface area contributed by atoms with Crippen LogP contribution in [0.4, 0.5) is 0 Å². The van der Waals surface area contributed by atoms with E-state index < -0.39 is 19.3 Å². The second-order valence-corrected chi connectivity index (χ2v) is 9.69. The average molecular weight is 642 g/mol. The maximum absolute atomic E-state index is 8.59. The van der Waals surface area contributed by atoms with Crippen molar-refractivity contribution in [3.63, 3.8) is 0 Å². The van der Waals surface area contributed by atoms with Gasteiger partial charge in [-0.3, -0.25) is 0 Å². The van der Waals surface area contributed by atoms with Crippen molar-refractivity contribution in [2.75, 3.05) is 12.8 Å². The molecular formula is C28H29Co2O8P. The molecule has 1 fully saturated rings. The first kappa shape index (κ1) is 49.9. The molecule has 0 amide bonds. The van der Waals surface area contributed by atoms with Crippen LogP contribution in [-0.4, -0.2) is 35.4 Å². The van der Waals surface area contributed by atoms with Crippen LogP contribution in [-0.2, 0) is 66.3 Å². The van der Waals surface area contributed by atoms with Crippen molar-refractivity contribution in [2.45, 2.75) is 45.2 Å². The molecule has 2 radical (unpaired) electrons. The summed E-state index contributed by atoms with van der Waals surface area (Å²) in [7, 11) is -0.408. The fourth-order valence-electron chi connectivity index (χ4n) is 2.63. The van der Waals surface area contributed by atoms with Crippen molar-refractivity contribution in [3.8, 4) is 12.3 Å². The van der Waals surface area contributed by atoms with Gasteiger partial charge in [0.1, 0.15) is 5.60 Å². The SMILES string of the molecule is C#CC(C)(C)O.CC1(C)OC[C@H](CP(c2ccccc2)c2ccccc2)O1.[C-]#[O+].[C-]#[O+].[C-]#[O+].[C-]#[O+].[C-]#[O+].[Co].[Co]. The number of hydrogen-bond acceptors (Lipinski definition) is 3. The maximum Gasteiger partial charge on any atom is 0 e. The van der Waals surface area contributed by atoms with E-state index in [0.717, 1.165) is 6.16 Å². The van der Waals surface area contributed by atoms with Crippen LogP contribution < -0.4 is 10.6 Å². The monoisotopic (exact) mass is 642 g/mol. The van der Waals surface area contributed by atoms with Gasteiger partial charge in [0.25, 0.3) is 0 Å². The summed E-state index contributed by atoms with van der Waals surface area (Å²) in [6.07, 6.45) is 5.98. The molecular weight excluding hydrogens is 613 g/mol. The normalized spacial score (nSPS) is 13.1. The van der Waals surface area contributed by atoms with E-state index in [0.29, 0.717) is 6.61 Å². The first-order valence-electron chi connectivity index (χ1n) is 10.1. The molecule has 0 unspecified atom stereocenters. The van der Waals surface area contributed by atoms with E-state index in [1.807, 2.05) is 13.8 Å². The van der Waals surface area contributed by atoms with E-state index >= 15 is 0 Å². The molecule has 212 valence electrons. The van der Waals surface area contributed by atoms with Gasteiger partial charge >= 0.3 is 56.5 Å². The number of benzene rings is 2. The Kier molecular flexibility index (Phi) is 41.3. The van der Waals surface area contributed by atoms with Crippen molar-refractivity contribution in [3.05, 3.63) is 93.9 Å². The third-order valence-corrected chi connectivity index (χ3v) is 6.56. The summed E-state index contributed by atoms with van der Waals surface area (Å²) in [4.78, 5) is 0. The smallest absolute Gasteiger partial charge is 0 e. The van der Waals surface area contributed by atoms with E-state index in [2.05, 4.69) is 99.8 Å². The maximum atomic E-state index is 8.59. The van der Waals surface area contributed by atoms with Crippen LogP contribution >= 0.6 is 7.92 Å². The first-order valence-corrected chi connectivity index (χ1v) is 11.6. The van der Waals surface area contributed by atoms with Gasteiger partial charge in [-0.15, -0.1) is 6.42 Å². The summed E-state index contributed by atoms with van der Waals surface area (Å²) in [5.74, 6) is 1.71. The third kappa shape index (κ3) is 26.0. The number of aliphatic hydroxyl groups is 1. The quantitative estimate of drug-likeness (QED) is 0.237. The van der Waals surface area contributed by atoms with E-state index in [1.165, 1.54) is 10.6 Å². The molecule has 0 aliphatic carbocycles. The molecule has 0 saturated carbocycles. The number of terminal acetylenes is 1. The van der Waals surface area contributed by atoms with Crippen molar-refractivity contribution >= 4 is 18.5 Å². The van der Waals surface area contributed by atoms with Crippen LogP contribution in [0.15, 0.2) is 60.7 Å². The summed E-state index contributed by atoms with van der Waals surface area (Å²) in [6.45, 7) is 30.3. The molecule has 1 aliphatic rings. The average Bonchev–Trinajstić information content (AvgIpc) is 3.32. The number of ether oxygens (including phenoxy) is 2. The number of rotatable bonds is 4. The van der Waals surface area contributed by atoms with Crippen molar-refractivity contribution in [2.24, 2.45) is 0 Å². The molecule has 0 bridgehead atoms. The van der Waals surface area contributed by atoms with E-state index in [9.17, 15) is 0 Å². The molecule has 0 spiro atoms. The predicted octanol–water partition coefficient (Wildman–Crippen LogP) is 3.47. The molecule has 3 rings (SSSR count). The first-order chi connectivity index (χ1) is 17.7. The topological polar surface area (TPSA) is 138 Å². The molecule has 0 aromatic heterocycles. The second-order valence-electron chi connectivity index (χ2n) is 7.44. The molecule has 39 heavy (non-hydrogen) atoms. The van der Waals surface area contributed by atoms with Crippen LogP contribution in [0.1, 0.15) is 27.7 Å². The molecule has 1 heterocycles. The zero-order valence-electron chi connectivity index (χ0n) is 21.8. The number of hydrogen-bond donors (Lipinski definition) is 1. The van der Waals surface area contributed by atoms with Gasteiger partial charge in [-0.05, 0) is 46.2 Å². The van der Waals surface area contributed by atoms with Gasteiger partial charge in [0.15, 0.2) is 5.79 Å². The van der Waals surface area contributed by atoms with Gasteiger partial charge in [0, 0.05) is 39.7 Å². The minimum atomic E-state index is -0.931. The Morgan fingerprint density at radius 2 is 1.15 bits per heavy atom. The Balaban J connectivity index is -0.000000129. The van der Waals surface area contributed by atoms with Gasteiger partial charge in [-0.2, -0.15) is 0 Å². The van der Waals surface area contributed by atoms with E-state index in [4.69, 9.17) is 44.3 Å². The third-order valence-electron chi connectivity index (χ3n) is 3.94. The van der Waals surface area contributed by atoms with Crippen molar-refractivity contribution in [1.82, 2.24) is 0 Å². The van der Waals surface area contributed by atoms with Gasteiger partial charge < -0.3 is 14.6 Å². The Hall–Kier alpha value is -1.98. The van der Waals surface area contributed by atoms with Crippen molar-refractivity contribution < 1.29 is 71.4 Å². The fraction of sp³-hybridized carbons (Fsp3) is 0.321. The summed E-state index contributed by atoms with van der Waals surface area (Å²) < 4.78 is 49.2. The predicted molar refractivity (Wildman–Crippen MR) is 134 cm³/mol. The van der Waals surface area contributed by atoms with Crippen LogP contribution in [0.3, 0.4) is 0 Å². The minimum Gasteiger partial charge on any atom is 0 e. The Morgan fingerprint density at radius 3 is 1.38 bits per heavy atom. The van der Waals surface area contributed by atoms with Crippen LogP contribution in [0, 0.1) is 45.6 Å². The molecule has 1 atom stereocenters. The summed E-state index contributed by atoms with van der Waals surface area (Å²) in [6, 6.07) is 21.5. The van der Waals surface area contributed by atoms with Gasteiger partial charge in [0.05, 0.1) is 12.7 Å². The van der Waals surface area contributed by atoms with Gasteiger partial charge in [0.2, 0.25) is 0 Å². The van der Waals surface area contributed by atoms with Crippen LogP contribution in [0.5, 0.6) is 0 Å². The largest absolute Gasteiger partial charge is 0 e. The Labute approximate surface area is 253 Å². The Morgan fingerprint density at radius 1 is 0.846 bits per heavy atom. The zero-order valence-corrected chi connectivity index (χ0v) is 24.7. The van der Waals surface area contributed by atoms with Crippen LogP contribution in [0.2, 0.25) is 0 Å². The summed E-state index contributed by atoms with van der Waals surface area (Å²) in [5, 5.41) is 11.4. The molecule has 11 heteroatoms. The molecule has 1 saturated heterocycles.